The highest BCUT2D eigenvalue weighted by Gasteiger charge is 2.29. The number of carbonyl (C=O) groups is 1. The quantitative estimate of drug-likeness (QED) is 0.205. The minimum absolute atomic E-state index is 0. The standard InChI is InChI=1S/C23H33N5O.HI/c1-2-24-23(27-15-11-21(18-27)26-13-5-6-14-26)25-12-7-10-22(29)28-16-19-8-3-4-9-20(19)17-28;/h3-6,8-9,21H,2,7,10-18H2,1H3,(H,24,25);1H. The fourth-order valence-corrected chi connectivity index (χ4v) is 4.53. The van der Waals surface area contributed by atoms with Crippen LogP contribution in [0.3, 0.4) is 0 Å². The van der Waals surface area contributed by atoms with Crippen molar-refractivity contribution < 1.29 is 4.79 Å². The van der Waals surface area contributed by atoms with Crippen LogP contribution in [0.2, 0.25) is 0 Å². The molecule has 0 bridgehead atoms. The molecule has 1 fully saturated rings. The first-order chi connectivity index (χ1) is 14.2. The van der Waals surface area contributed by atoms with E-state index in [1.54, 1.807) is 0 Å². The molecule has 0 aromatic heterocycles. The van der Waals surface area contributed by atoms with E-state index in [2.05, 4.69) is 46.3 Å². The zero-order valence-corrected chi connectivity index (χ0v) is 20.3. The molecular formula is C23H34IN5O. The van der Waals surface area contributed by atoms with E-state index in [-0.39, 0.29) is 29.9 Å². The number of fused-ring (bicyclic) bond motifs is 1. The number of likely N-dealkylation sites (tertiary alicyclic amines) is 1. The third-order valence-electron chi connectivity index (χ3n) is 6.16. The van der Waals surface area contributed by atoms with Crippen LogP contribution in [-0.2, 0) is 17.9 Å². The molecule has 3 heterocycles. The molecule has 6 nitrogen and oxygen atoms in total. The van der Waals surface area contributed by atoms with Crippen molar-refractivity contribution in [3.05, 3.63) is 47.5 Å². The van der Waals surface area contributed by atoms with Crippen molar-refractivity contribution in [3.63, 3.8) is 0 Å². The first-order valence-corrected chi connectivity index (χ1v) is 11.0. The Morgan fingerprint density at radius 1 is 1.13 bits per heavy atom. The second-order valence-corrected chi connectivity index (χ2v) is 8.17. The van der Waals surface area contributed by atoms with Crippen molar-refractivity contribution in [3.8, 4) is 0 Å². The second-order valence-electron chi connectivity index (χ2n) is 8.17. The summed E-state index contributed by atoms with van der Waals surface area (Å²) in [5, 5.41) is 3.44. The molecule has 1 unspecified atom stereocenters. The van der Waals surface area contributed by atoms with E-state index >= 15 is 0 Å². The number of carbonyl (C=O) groups excluding carboxylic acids is 1. The lowest BCUT2D eigenvalue weighted by Gasteiger charge is -2.25. The Kier molecular flexibility index (Phi) is 8.56. The summed E-state index contributed by atoms with van der Waals surface area (Å²) in [7, 11) is 0. The summed E-state index contributed by atoms with van der Waals surface area (Å²) in [6.45, 7) is 9.43. The highest BCUT2D eigenvalue weighted by Crippen LogP contribution is 2.23. The summed E-state index contributed by atoms with van der Waals surface area (Å²) < 4.78 is 0. The number of hydrogen-bond donors (Lipinski definition) is 1. The average Bonchev–Trinajstić information content (AvgIpc) is 3.49. The molecule has 0 saturated carbocycles. The van der Waals surface area contributed by atoms with Gasteiger partial charge in [-0.3, -0.25) is 14.7 Å². The molecule has 0 aliphatic carbocycles. The van der Waals surface area contributed by atoms with Gasteiger partial charge in [0, 0.05) is 64.8 Å². The molecule has 1 N–H and O–H groups in total. The Morgan fingerprint density at radius 3 is 2.50 bits per heavy atom. The van der Waals surface area contributed by atoms with Crippen LogP contribution >= 0.6 is 24.0 Å². The number of nitrogens with one attached hydrogen (secondary N) is 1. The molecule has 4 rings (SSSR count). The predicted octanol–water partition coefficient (Wildman–Crippen LogP) is 2.84. The fraction of sp³-hybridized carbons (Fsp3) is 0.565. The third kappa shape index (κ3) is 5.55. The molecule has 3 aliphatic heterocycles. The maximum atomic E-state index is 12.6. The number of nitrogens with zero attached hydrogens (tertiary/aromatic N) is 4. The molecule has 30 heavy (non-hydrogen) atoms. The van der Waals surface area contributed by atoms with Gasteiger partial charge in [-0.2, -0.15) is 0 Å². The van der Waals surface area contributed by atoms with Crippen molar-refractivity contribution in [2.75, 3.05) is 39.3 Å². The third-order valence-corrected chi connectivity index (χ3v) is 6.16. The highest BCUT2D eigenvalue weighted by molar-refractivity contribution is 14.0. The molecule has 164 valence electrons. The van der Waals surface area contributed by atoms with E-state index in [9.17, 15) is 4.79 Å². The molecule has 1 atom stereocenters. The summed E-state index contributed by atoms with van der Waals surface area (Å²) in [4.78, 5) is 24.3. The van der Waals surface area contributed by atoms with Gasteiger partial charge >= 0.3 is 0 Å². The van der Waals surface area contributed by atoms with Crippen LogP contribution in [0.25, 0.3) is 0 Å². The van der Waals surface area contributed by atoms with E-state index in [4.69, 9.17) is 4.99 Å². The van der Waals surface area contributed by atoms with Gasteiger partial charge in [0.2, 0.25) is 5.91 Å². The number of halogens is 1. The maximum absolute atomic E-state index is 12.6. The van der Waals surface area contributed by atoms with Crippen LogP contribution in [0.4, 0.5) is 0 Å². The molecule has 1 aromatic carbocycles. The zero-order valence-electron chi connectivity index (χ0n) is 17.9. The number of amides is 1. The molecule has 1 saturated heterocycles. The van der Waals surface area contributed by atoms with E-state index < -0.39 is 0 Å². The summed E-state index contributed by atoms with van der Waals surface area (Å²) in [6.07, 6.45) is 7.09. The van der Waals surface area contributed by atoms with Gasteiger partial charge in [0.05, 0.1) is 0 Å². The second kappa shape index (κ2) is 11.1. The number of benzene rings is 1. The van der Waals surface area contributed by atoms with Gasteiger partial charge in [-0.15, -0.1) is 24.0 Å². The number of guanidine groups is 1. The minimum Gasteiger partial charge on any atom is -0.357 e. The minimum atomic E-state index is 0. The largest absolute Gasteiger partial charge is 0.357 e. The van der Waals surface area contributed by atoms with Gasteiger partial charge in [-0.05, 0) is 30.9 Å². The predicted molar refractivity (Wildman–Crippen MR) is 132 cm³/mol. The first kappa shape index (κ1) is 23.1. The van der Waals surface area contributed by atoms with Gasteiger partial charge in [-0.1, -0.05) is 36.4 Å². The fourth-order valence-electron chi connectivity index (χ4n) is 4.53. The Balaban J connectivity index is 0.00000256. The Bertz CT molecular complexity index is 748. The SMILES string of the molecule is CCNC(=NCCCC(=O)N1Cc2ccccc2C1)N1CCC(N2CC=CC2)C1.I. The average molecular weight is 523 g/mol. The summed E-state index contributed by atoms with van der Waals surface area (Å²) in [5.41, 5.74) is 2.56. The maximum Gasteiger partial charge on any atom is 0.223 e. The zero-order chi connectivity index (χ0) is 20.1. The van der Waals surface area contributed by atoms with Gasteiger partial charge in [0.15, 0.2) is 5.96 Å². The smallest absolute Gasteiger partial charge is 0.223 e. The van der Waals surface area contributed by atoms with Crippen LogP contribution in [0.15, 0.2) is 41.4 Å². The number of rotatable bonds is 6. The van der Waals surface area contributed by atoms with Crippen LogP contribution in [0, 0.1) is 0 Å². The molecule has 7 heteroatoms. The summed E-state index contributed by atoms with van der Waals surface area (Å²) in [5.74, 6) is 1.24. The van der Waals surface area contributed by atoms with E-state index in [1.807, 2.05) is 17.0 Å². The Hall–Kier alpha value is -1.61. The van der Waals surface area contributed by atoms with Crippen LogP contribution < -0.4 is 5.32 Å². The molecule has 1 aromatic rings. The van der Waals surface area contributed by atoms with Crippen molar-refractivity contribution >= 4 is 35.8 Å². The van der Waals surface area contributed by atoms with Crippen LogP contribution in [0.1, 0.15) is 37.3 Å². The normalized spacial score (nSPS) is 21.1. The number of hydrogen-bond acceptors (Lipinski definition) is 3. The van der Waals surface area contributed by atoms with Gasteiger partial charge in [0.1, 0.15) is 0 Å². The van der Waals surface area contributed by atoms with Crippen LogP contribution in [-0.4, -0.2) is 71.9 Å². The molecular weight excluding hydrogens is 489 g/mol. The van der Waals surface area contributed by atoms with E-state index in [1.165, 1.54) is 17.5 Å². The lowest BCUT2D eigenvalue weighted by Crippen LogP contribution is -2.42. The molecule has 0 radical (unpaired) electrons. The van der Waals surface area contributed by atoms with Crippen molar-refractivity contribution in [2.45, 2.75) is 45.3 Å². The van der Waals surface area contributed by atoms with E-state index in [0.29, 0.717) is 19.0 Å². The first-order valence-electron chi connectivity index (χ1n) is 11.0. The number of aliphatic imine (C=N–C) groups is 1. The highest BCUT2D eigenvalue weighted by atomic mass is 127. The molecule has 3 aliphatic rings. The lowest BCUT2D eigenvalue weighted by molar-refractivity contribution is -0.131. The molecule has 0 spiro atoms. The van der Waals surface area contributed by atoms with E-state index in [0.717, 1.165) is 58.2 Å². The van der Waals surface area contributed by atoms with Crippen LogP contribution in [0.5, 0.6) is 0 Å². The monoisotopic (exact) mass is 523 g/mol. The van der Waals surface area contributed by atoms with Gasteiger partial charge in [-0.25, -0.2) is 0 Å². The Labute approximate surface area is 197 Å². The molecule has 1 amide bonds. The van der Waals surface area contributed by atoms with Gasteiger partial charge < -0.3 is 15.1 Å². The van der Waals surface area contributed by atoms with Crippen molar-refractivity contribution in [2.24, 2.45) is 4.99 Å². The summed E-state index contributed by atoms with van der Waals surface area (Å²) in [6, 6.07) is 8.96. The summed E-state index contributed by atoms with van der Waals surface area (Å²) >= 11 is 0. The Morgan fingerprint density at radius 2 is 1.83 bits per heavy atom. The van der Waals surface area contributed by atoms with Crippen molar-refractivity contribution in [1.29, 1.82) is 0 Å². The lowest BCUT2D eigenvalue weighted by atomic mass is 10.1. The van der Waals surface area contributed by atoms with Gasteiger partial charge in [0.25, 0.3) is 0 Å². The van der Waals surface area contributed by atoms with Crippen molar-refractivity contribution in [1.82, 2.24) is 20.0 Å². The topological polar surface area (TPSA) is 51.2 Å².